The van der Waals surface area contributed by atoms with Crippen LogP contribution < -0.4 is 10.6 Å². The number of piperidine rings is 1. The fraction of sp³-hybridized carbons (Fsp3) is 0.538. The van der Waals surface area contributed by atoms with Gasteiger partial charge in [-0.15, -0.1) is 0 Å². The van der Waals surface area contributed by atoms with Crippen LogP contribution >= 0.6 is 23.2 Å². The predicted octanol–water partition coefficient (Wildman–Crippen LogP) is 4.20. The molecule has 1 aliphatic heterocycles. The van der Waals surface area contributed by atoms with Gasteiger partial charge in [-0.2, -0.15) is 0 Å². The Hall–Kier alpha value is -0.600. The largest absolute Gasteiger partial charge is 0.397 e. The Morgan fingerprint density at radius 2 is 1.82 bits per heavy atom. The first-order valence-corrected chi connectivity index (χ1v) is 6.75. The summed E-state index contributed by atoms with van der Waals surface area (Å²) in [4.78, 5) is 2.34. The van der Waals surface area contributed by atoms with Crippen molar-refractivity contribution in [1.82, 2.24) is 0 Å². The minimum atomic E-state index is 0.505. The van der Waals surface area contributed by atoms with E-state index in [4.69, 9.17) is 28.9 Å². The van der Waals surface area contributed by atoms with Crippen LogP contribution in [-0.2, 0) is 0 Å². The number of nitrogen functional groups attached to an aromatic ring is 1. The van der Waals surface area contributed by atoms with Crippen LogP contribution in [0.5, 0.6) is 0 Å². The maximum absolute atomic E-state index is 6.07. The van der Waals surface area contributed by atoms with E-state index in [0.29, 0.717) is 27.7 Å². The second-order valence-electron chi connectivity index (χ2n) is 5.01. The lowest BCUT2D eigenvalue weighted by Crippen LogP contribution is -2.41. The third kappa shape index (κ3) is 2.63. The fourth-order valence-corrected chi connectivity index (χ4v) is 2.75. The first-order chi connectivity index (χ1) is 7.99. The van der Waals surface area contributed by atoms with E-state index in [1.165, 1.54) is 12.8 Å². The monoisotopic (exact) mass is 272 g/mol. The lowest BCUT2D eigenvalue weighted by Gasteiger charge is -2.39. The van der Waals surface area contributed by atoms with Gasteiger partial charge in [0, 0.05) is 12.6 Å². The molecule has 94 valence electrons. The maximum atomic E-state index is 6.07. The summed E-state index contributed by atoms with van der Waals surface area (Å²) in [5.41, 5.74) is 7.77. The second-order valence-corrected chi connectivity index (χ2v) is 5.82. The van der Waals surface area contributed by atoms with Crippen molar-refractivity contribution in [2.24, 2.45) is 5.92 Å². The van der Waals surface area contributed by atoms with E-state index in [1.54, 1.807) is 6.07 Å². The van der Waals surface area contributed by atoms with E-state index in [-0.39, 0.29) is 0 Å². The number of rotatable bonds is 1. The minimum Gasteiger partial charge on any atom is -0.397 e. The Morgan fingerprint density at radius 1 is 1.18 bits per heavy atom. The molecule has 0 aliphatic carbocycles. The van der Waals surface area contributed by atoms with Gasteiger partial charge in [-0.05, 0) is 37.8 Å². The summed E-state index contributed by atoms with van der Waals surface area (Å²) in [6.45, 7) is 5.53. The maximum Gasteiger partial charge on any atom is 0.0618 e. The summed E-state index contributed by atoms with van der Waals surface area (Å²) in [5.74, 6) is 0.694. The Morgan fingerprint density at radius 3 is 2.53 bits per heavy atom. The SMILES string of the molecule is CC1CCC(C)N(c2cc(Cl)c(Cl)cc2N)C1. The molecule has 2 rings (SSSR count). The molecule has 2 nitrogen and oxygen atoms in total. The Balaban J connectivity index is 2.35. The van der Waals surface area contributed by atoms with E-state index in [1.807, 2.05) is 6.07 Å². The number of halogens is 2. The van der Waals surface area contributed by atoms with Gasteiger partial charge in [0.25, 0.3) is 0 Å². The normalized spacial score (nSPS) is 25.1. The molecule has 0 bridgehead atoms. The molecule has 0 saturated carbocycles. The van der Waals surface area contributed by atoms with Crippen LogP contribution in [-0.4, -0.2) is 12.6 Å². The van der Waals surface area contributed by atoms with E-state index < -0.39 is 0 Å². The van der Waals surface area contributed by atoms with Gasteiger partial charge < -0.3 is 10.6 Å². The number of anilines is 2. The molecule has 4 heteroatoms. The number of nitrogens with two attached hydrogens (primary N) is 1. The molecule has 0 radical (unpaired) electrons. The highest BCUT2D eigenvalue weighted by Crippen LogP contribution is 2.36. The molecule has 1 aliphatic rings. The van der Waals surface area contributed by atoms with Crippen LogP contribution in [0, 0.1) is 5.92 Å². The summed E-state index contributed by atoms with van der Waals surface area (Å²) in [5, 5.41) is 1.09. The first-order valence-electron chi connectivity index (χ1n) is 6.00. The summed E-state index contributed by atoms with van der Waals surface area (Å²) >= 11 is 12.0. The first kappa shape index (κ1) is 12.8. The van der Waals surface area contributed by atoms with Crippen LogP contribution in [0.25, 0.3) is 0 Å². The van der Waals surface area contributed by atoms with Crippen molar-refractivity contribution < 1.29 is 0 Å². The van der Waals surface area contributed by atoms with Crippen LogP contribution in [0.3, 0.4) is 0 Å². The average molecular weight is 273 g/mol. The van der Waals surface area contributed by atoms with Crippen molar-refractivity contribution >= 4 is 34.6 Å². The van der Waals surface area contributed by atoms with Gasteiger partial charge in [0.05, 0.1) is 21.4 Å². The molecular weight excluding hydrogens is 255 g/mol. The van der Waals surface area contributed by atoms with E-state index in [2.05, 4.69) is 18.7 Å². The van der Waals surface area contributed by atoms with E-state index in [9.17, 15) is 0 Å². The quantitative estimate of drug-likeness (QED) is 0.777. The molecule has 0 amide bonds. The summed E-state index contributed by atoms with van der Waals surface area (Å²) in [6.07, 6.45) is 2.47. The molecule has 2 N–H and O–H groups in total. The molecule has 2 atom stereocenters. The van der Waals surface area contributed by atoms with Crippen molar-refractivity contribution in [2.75, 3.05) is 17.2 Å². The van der Waals surface area contributed by atoms with Crippen LogP contribution in [0.15, 0.2) is 12.1 Å². The Bertz CT molecular complexity index is 420. The lowest BCUT2D eigenvalue weighted by atomic mass is 9.94. The summed E-state index contributed by atoms with van der Waals surface area (Å²) < 4.78 is 0. The standard InChI is InChI=1S/C13H18Cl2N2/c1-8-3-4-9(2)17(7-8)13-6-11(15)10(14)5-12(13)16/h5-6,8-9H,3-4,7,16H2,1-2H3. The van der Waals surface area contributed by atoms with Crippen LogP contribution in [0.4, 0.5) is 11.4 Å². The number of hydrogen-bond donors (Lipinski definition) is 1. The van der Waals surface area contributed by atoms with Gasteiger partial charge in [-0.3, -0.25) is 0 Å². The minimum absolute atomic E-state index is 0.505. The van der Waals surface area contributed by atoms with Gasteiger partial charge in [-0.25, -0.2) is 0 Å². The van der Waals surface area contributed by atoms with Gasteiger partial charge in [-0.1, -0.05) is 30.1 Å². The highest BCUT2D eigenvalue weighted by molar-refractivity contribution is 6.42. The molecule has 1 saturated heterocycles. The zero-order chi connectivity index (χ0) is 12.6. The number of nitrogens with zero attached hydrogens (tertiary/aromatic N) is 1. The molecule has 2 unspecified atom stereocenters. The van der Waals surface area contributed by atoms with Crippen molar-refractivity contribution in [3.63, 3.8) is 0 Å². The molecule has 1 fully saturated rings. The van der Waals surface area contributed by atoms with Crippen molar-refractivity contribution in [2.45, 2.75) is 32.7 Å². The molecule has 0 spiro atoms. The van der Waals surface area contributed by atoms with Crippen LogP contribution in [0.1, 0.15) is 26.7 Å². The van der Waals surface area contributed by atoms with E-state index in [0.717, 1.165) is 12.2 Å². The predicted molar refractivity (Wildman–Crippen MR) is 76.1 cm³/mol. The number of benzene rings is 1. The second kappa shape index (κ2) is 4.95. The third-order valence-electron chi connectivity index (χ3n) is 3.50. The Labute approximate surface area is 113 Å². The van der Waals surface area contributed by atoms with E-state index >= 15 is 0 Å². The van der Waals surface area contributed by atoms with Gasteiger partial charge in [0.1, 0.15) is 0 Å². The van der Waals surface area contributed by atoms with Gasteiger partial charge in [0.2, 0.25) is 0 Å². The fourth-order valence-electron chi connectivity index (χ4n) is 2.42. The van der Waals surface area contributed by atoms with Crippen molar-refractivity contribution in [1.29, 1.82) is 0 Å². The Kier molecular flexibility index (Phi) is 3.74. The molecule has 1 aromatic rings. The smallest absolute Gasteiger partial charge is 0.0618 e. The average Bonchev–Trinajstić information content (AvgIpc) is 2.27. The molecule has 17 heavy (non-hydrogen) atoms. The number of hydrogen-bond acceptors (Lipinski definition) is 2. The summed E-state index contributed by atoms with van der Waals surface area (Å²) in [6, 6.07) is 4.13. The summed E-state index contributed by atoms with van der Waals surface area (Å²) in [7, 11) is 0. The van der Waals surface area contributed by atoms with Crippen LogP contribution in [0.2, 0.25) is 10.0 Å². The molecule has 1 heterocycles. The zero-order valence-corrected chi connectivity index (χ0v) is 11.7. The van der Waals surface area contributed by atoms with Gasteiger partial charge >= 0.3 is 0 Å². The highest BCUT2D eigenvalue weighted by atomic mass is 35.5. The zero-order valence-electron chi connectivity index (χ0n) is 10.2. The third-order valence-corrected chi connectivity index (χ3v) is 4.22. The topological polar surface area (TPSA) is 29.3 Å². The lowest BCUT2D eigenvalue weighted by molar-refractivity contribution is 0.390. The van der Waals surface area contributed by atoms with Crippen molar-refractivity contribution in [3.05, 3.63) is 22.2 Å². The highest BCUT2D eigenvalue weighted by Gasteiger charge is 2.24. The van der Waals surface area contributed by atoms with Crippen molar-refractivity contribution in [3.8, 4) is 0 Å². The molecule has 1 aromatic carbocycles. The van der Waals surface area contributed by atoms with Gasteiger partial charge in [0.15, 0.2) is 0 Å². The molecule has 0 aromatic heterocycles. The molecular formula is C13H18Cl2N2.